The van der Waals surface area contributed by atoms with Crippen LogP contribution in [-0.2, 0) is 12.0 Å². The maximum atomic E-state index is 12.4. The van der Waals surface area contributed by atoms with E-state index in [0.29, 0.717) is 18.1 Å². The predicted octanol–water partition coefficient (Wildman–Crippen LogP) is 5.06. The first kappa shape index (κ1) is 21.0. The second-order valence-electron chi connectivity index (χ2n) is 6.93. The number of hydrogen-bond acceptors (Lipinski definition) is 2. The van der Waals surface area contributed by atoms with Gasteiger partial charge in [0.2, 0.25) is 0 Å². The van der Waals surface area contributed by atoms with E-state index in [9.17, 15) is 13.6 Å². The molecule has 0 atom stereocenters. The number of carbonyl (C=O) groups is 1. The number of halogens is 3. The zero-order valence-corrected chi connectivity index (χ0v) is 16.3. The SMILES string of the molecule is CN(Cc1ccc(OC(F)F)cc1)C(=O)NCC(C)(C)c1cccc(Cl)c1. The molecule has 0 aromatic heterocycles. The molecule has 2 amide bonds. The molecule has 0 aliphatic carbocycles. The minimum Gasteiger partial charge on any atom is -0.435 e. The van der Waals surface area contributed by atoms with Crippen LogP contribution in [0, 0.1) is 0 Å². The predicted molar refractivity (Wildman–Crippen MR) is 102 cm³/mol. The van der Waals surface area contributed by atoms with E-state index in [1.165, 1.54) is 17.0 Å². The summed E-state index contributed by atoms with van der Waals surface area (Å²) in [5.41, 5.74) is 1.56. The van der Waals surface area contributed by atoms with Gasteiger partial charge in [0.15, 0.2) is 0 Å². The molecule has 2 aromatic carbocycles. The number of ether oxygens (including phenoxy) is 1. The number of hydrogen-bond donors (Lipinski definition) is 1. The van der Waals surface area contributed by atoms with Gasteiger partial charge in [-0.25, -0.2) is 4.79 Å². The Labute approximate surface area is 163 Å². The summed E-state index contributed by atoms with van der Waals surface area (Å²) < 4.78 is 28.7. The standard InChI is InChI=1S/C20H23ClF2N2O2/c1-20(2,15-5-4-6-16(21)11-15)13-24-19(26)25(3)12-14-7-9-17(10-8-14)27-18(22)23/h4-11,18H,12-13H2,1-3H3,(H,24,26). The minimum absolute atomic E-state index is 0.0872. The molecular formula is C20H23ClF2N2O2. The Balaban J connectivity index is 1.89. The quantitative estimate of drug-likeness (QED) is 0.710. The van der Waals surface area contributed by atoms with Crippen molar-refractivity contribution in [1.29, 1.82) is 0 Å². The fourth-order valence-electron chi connectivity index (χ4n) is 2.57. The van der Waals surface area contributed by atoms with Crippen LogP contribution in [0.25, 0.3) is 0 Å². The highest BCUT2D eigenvalue weighted by atomic mass is 35.5. The van der Waals surface area contributed by atoms with Crippen LogP contribution in [0.4, 0.5) is 13.6 Å². The molecule has 0 unspecified atom stereocenters. The molecule has 27 heavy (non-hydrogen) atoms. The minimum atomic E-state index is -2.85. The van der Waals surface area contributed by atoms with Crippen LogP contribution in [0.2, 0.25) is 5.02 Å². The first-order valence-electron chi connectivity index (χ1n) is 8.46. The summed E-state index contributed by atoms with van der Waals surface area (Å²) in [4.78, 5) is 13.9. The van der Waals surface area contributed by atoms with Crippen molar-refractivity contribution >= 4 is 17.6 Å². The summed E-state index contributed by atoms with van der Waals surface area (Å²) in [5.74, 6) is 0.0872. The van der Waals surface area contributed by atoms with Gasteiger partial charge < -0.3 is 15.0 Å². The molecule has 0 aliphatic rings. The average molecular weight is 397 g/mol. The normalized spacial score (nSPS) is 11.4. The zero-order chi connectivity index (χ0) is 20.0. The summed E-state index contributed by atoms with van der Waals surface area (Å²) in [7, 11) is 1.67. The first-order chi connectivity index (χ1) is 12.7. The van der Waals surface area contributed by atoms with Gasteiger partial charge in [-0.3, -0.25) is 0 Å². The number of nitrogens with one attached hydrogen (secondary N) is 1. The molecule has 2 aromatic rings. The monoisotopic (exact) mass is 396 g/mol. The van der Waals surface area contributed by atoms with Crippen molar-refractivity contribution in [3.05, 3.63) is 64.7 Å². The largest absolute Gasteiger partial charge is 0.435 e. The Morgan fingerprint density at radius 3 is 2.48 bits per heavy atom. The molecule has 0 heterocycles. The van der Waals surface area contributed by atoms with E-state index < -0.39 is 6.61 Å². The van der Waals surface area contributed by atoms with E-state index in [1.807, 2.05) is 38.1 Å². The highest BCUT2D eigenvalue weighted by Crippen LogP contribution is 2.25. The second-order valence-corrected chi connectivity index (χ2v) is 7.37. The Morgan fingerprint density at radius 2 is 1.89 bits per heavy atom. The summed E-state index contributed by atoms with van der Waals surface area (Å²) in [6.45, 7) is 1.99. The number of carbonyl (C=O) groups excluding carboxylic acids is 1. The molecule has 1 N–H and O–H groups in total. The van der Waals surface area contributed by atoms with Crippen LogP contribution in [0.5, 0.6) is 5.75 Å². The van der Waals surface area contributed by atoms with Crippen LogP contribution in [0.3, 0.4) is 0 Å². The molecule has 146 valence electrons. The smallest absolute Gasteiger partial charge is 0.387 e. The summed E-state index contributed by atoms with van der Waals surface area (Å²) in [6.07, 6.45) is 0. The van der Waals surface area contributed by atoms with E-state index in [0.717, 1.165) is 11.1 Å². The fraction of sp³-hybridized carbons (Fsp3) is 0.350. The number of nitrogens with zero attached hydrogens (tertiary/aromatic N) is 1. The van der Waals surface area contributed by atoms with Gasteiger partial charge in [0.1, 0.15) is 5.75 Å². The number of benzene rings is 2. The van der Waals surface area contributed by atoms with Gasteiger partial charge in [0, 0.05) is 30.6 Å². The highest BCUT2D eigenvalue weighted by Gasteiger charge is 2.22. The van der Waals surface area contributed by atoms with Crippen molar-refractivity contribution in [3.63, 3.8) is 0 Å². The van der Waals surface area contributed by atoms with Crippen LogP contribution < -0.4 is 10.1 Å². The molecule has 2 rings (SSSR count). The summed E-state index contributed by atoms with van der Waals surface area (Å²) in [6, 6.07) is 13.5. The molecule has 0 aliphatic heterocycles. The maximum absolute atomic E-state index is 12.4. The van der Waals surface area contributed by atoms with E-state index >= 15 is 0 Å². The van der Waals surface area contributed by atoms with Gasteiger partial charge in [0.25, 0.3) is 0 Å². The Hall–Kier alpha value is -2.34. The van der Waals surface area contributed by atoms with Crippen molar-refractivity contribution in [2.24, 2.45) is 0 Å². The molecule has 0 saturated heterocycles. The Morgan fingerprint density at radius 1 is 1.22 bits per heavy atom. The number of urea groups is 1. The fourth-order valence-corrected chi connectivity index (χ4v) is 2.76. The van der Waals surface area contributed by atoms with Crippen molar-refractivity contribution in [2.45, 2.75) is 32.4 Å². The van der Waals surface area contributed by atoms with Crippen LogP contribution in [0.1, 0.15) is 25.0 Å². The van der Waals surface area contributed by atoms with Gasteiger partial charge in [-0.05, 0) is 35.4 Å². The number of rotatable bonds is 7. The topological polar surface area (TPSA) is 41.6 Å². The van der Waals surface area contributed by atoms with E-state index in [-0.39, 0.29) is 17.2 Å². The molecule has 0 spiro atoms. The van der Waals surface area contributed by atoms with Gasteiger partial charge >= 0.3 is 12.6 Å². The van der Waals surface area contributed by atoms with Crippen molar-refractivity contribution in [1.82, 2.24) is 10.2 Å². The second kappa shape index (κ2) is 9.04. The lowest BCUT2D eigenvalue weighted by molar-refractivity contribution is -0.0498. The lowest BCUT2D eigenvalue weighted by atomic mass is 9.84. The molecule has 0 fully saturated rings. The Kier molecular flexibility index (Phi) is 7.02. The molecular weight excluding hydrogens is 374 g/mol. The third kappa shape index (κ3) is 6.40. The lowest BCUT2D eigenvalue weighted by Crippen LogP contribution is -2.42. The van der Waals surface area contributed by atoms with E-state index in [4.69, 9.17) is 11.6 Å². The summed E-state index contributed by atoms with van der Waals surface area (Å²) >= 11 is 6.05. The number of alkyl halides is 2. The van der Waals surface area contributed by atoms with Crippen LogP contribution in [-0.4, -0.2) is 31.1 Å². The lowest BCUT2D eigenvalue weighted by Gasteiger charge is -2.27. The van der Waals surface area contributed by atoms with Crippen LogP contribution >= 0.6 is 11.6 Å². The van der Waals surface area contributed by atoms with Crippen molar-refractivity contribution in [3.8, 4) is 5.75 Å². The van der Waals surface area contributed by atoms with Crippen molar-refractivity contribution < 1.29 is 18.3 Å². The average Bonchev–Trinajstić information content (AvgIpc) is 2.61. The third-order valence-corrected chi connectivity index (χ3v) is 4.44. The molecule has 0 saturated carbocycles. The Bertz CT molecular complexity index is 767. The first-order valence-corrected chi connectivity index (χ1v) is 8.84. The van der Waals surface area contributed by atoms with Gasteiger partial charge in [0.05, 0.1) is 0 Å². The molecule has 0 radical (unpaired) electrons. The van der Waals surface area contributed by atoms with Crippen molar-refractivity contribution in [2.75, 3.05) is 13.6 Å². The maximum Gasteiger partial charge on any atom is 0.387 e. The van der Waals surface area contributed by atoms with Crippen LogP contribution in [0.15, 0.2) is 48.5 Å². The summed E-state index contributed by atoms with van der Waals surface area (Å²) in [5, 5.41) is 3.57. The van der Waals surface area contributed by atoms with Gasteiger partial charge in [-0.2, -0.15) is 8.78 Å². The number of amides is 2. The van der Waals surface area contributed by atoms with Gasteiger partial charge in [-0.15, -0.1) is 0 Å². The van der Waals surface area contributed by atoms with E-state index in [2.05, 4.69) is 10.1 Å². The molecule has 7 heteroatoms. The zero-order valence-electron chi connectivity index (χ0n) is 15.5. The molecule has 0 bridgehead atoms. The van der Waals surface area contributed by atoms with E-state index in [1.54, 1.807) is 19.2 Å². The molecule has 4 nitrogen and oxygen atoms in total. The highest BCUT2D eigenvalue weighted by molar-refractivity contribution is 6.30. The third-order valence-electron chi connectivity index (χ3n) is 4.20. The van der Waals surface area contributed by atoms with Gasteiger partial charge in [-0.1, -0.05) is 49.7 Å².